The number of halogens is 1. The molecule has 0 amide bonds. The Kier molecular flexibility index (Phi) is 25.6. The average Bonchev–Trinajstić information content (AvgIpc) is 2.62. The number of hydrogen-bond donors (Lipinski definition) is 1. The normalized spacial score (nSPS) is 11.6. The summed E-state index contributed by atoms with van der Waals surface area (Å²) in [6.45, 7) is 6.58. The largest absolute Gasteiger partial charge is 0.326 e. The maximum atomic E-state index is 6.02. The van der Waals surface area contributed by atoms with Crippen LogP contribution in [0.1, 0.15) is 162 Å². The third-order valence-electron chi connectivity index (χ3n) is 5.92. The second-order valence-electron chi connectivity index (χ2n) is 9.81. The van der Waals surface area contributed by atoms with E-state index in [9.17, 15) is 0 Å². The smallest absolute Gasteiger partial charge is 0.00970 e. The summed E-state index contributed by atoms with van der Waals surface area (Å²) in [6.07, 6.45) is 31.6. The van der Waals surface area contributed by atoms with Gasteiger partial charge >= 0.3 is 0 Å². The van der Waals surface area contributed by atoms with Crippen LogP contribution in [-0.2, 0) is 0 Å². The molecule has 28 heavy (non-hydrogen) atoms. The van der Waals surface area contributed by atoms with E-state index < -0.39 is 0 Å². The van der Waals surface area contributed by atoms with Crippen molar-refractivity contribution >= 4 is 12.4 Å². The third kappa shape index (κ3) is 28.5. The molecule has 0 bridgehead atoms. The van der Waals surface area contributed by atoms with Crippen LogP contribution < -0.4 is 5.73 Å². The quantitative estimate of drug-likeness (QED) is 0.174. The Hall–Kier alpha value is 0.250. The summed E-state index contributed by atoms with van der Waals surface area (Å²) >= 11 is 0. The molecule has 0 saturated heterocycles. The van der Waals surface area contributed by atoms with E-state index in [4.69, 9.17) is 5.73 Å². The summed E-state index contributed by atoms with van der Waals surface area (Å²) in [5.74, 6) is 0. The first-order valence-electron chi connectivity index (χ1n) is 12.8. The van der Waals surface area contributed by atoms with E-state index in [0.29, 0.717) is 0 Å². The van der Waals surface area contributed by atoms with Crippen LogP contribution in [0.5, 0.6) is 0 Å². The lowest BCUT2D eigenvalue weighted by atomic mass is 9.97. The van der Waals surface area contributed by atoms with Gasteiger partial charge in [-0.25, -0.2) is 0 Å². The van der Waals surface area contributed by atoms with Gasteiger partial charge in [0.2, 0.25) is 0 Å². The molecule has 1 nitrogen and oxygen atoms in total. The van der Waals surface area contributed by atoms with Crippen LogP contribution in [0.25, 0.3) is 0 Å². The number of nitrogens with two attached hydrogens (primary N) is 1. The summed E-state index contributed by atoms with van der Waals surface area (Å²) in [6, 6.07) is 0. The van der Waals surface area contributed by atoms with Crippen LogP contribution in [-0.4, -0.2) is 5.54 Å². The van der Waals surface area contributed by atoms with Gasteiger partial charge in [-0.1, -0.05) is 142 Å². The standard InChI is InChI=1S/C26H55N.ClH/c1-4-5-6-7-8-9-10-11-12-13-14-15-16-17-18-19-20-21-22-23-24-25-26(2,3)27;/h4-25,27H2,1-3H3;1H. The lowest BCUT2D eigenvalue weighted by molar-refractivity contribution is 0.440. The molecular formula is C26H56ClN. The summed E-state index contributed by atoms with van der Waals surface area (Å²) < 4.78 is 0. The maximum Gasteiger partial charge on any atom is 0.00970 e. The minimum absolute atomic E-state index is 0. The van der Waals surface area contributed by atoms with Gasteiger partial charge in [0.1, 0.15) is 0 Å². The monoisotopic (exact) mass is 417 g/mol. The average molecular weight is 418 g/mol. The van der Waals surface area contributed by atoms with E-state index in [-0.39, 0.29) is 17.9 Å². The molecule has 0 unspecified atom stereocenters. The Morgan fingerprint density at radius 1 is 0.429 bits per heavy atom. The first-order valence-corrected chi connectivity index (χ1v) is 12.8. The van der Waals surface area contributed by atoms with Crippen molar-refractivity contribution in [1.29, 1.82) is 0 Å². The molecule has 0 radical (unpaired) electrons. The maximum absolute atomic E-state index is 6.02. The Bertz CT molecular complexity index is 272. The van der Waals surface area contributed by atoms with Gasteiger partial charge in [-0.2, -0.15) is 0 Å². The van der Waals surface area contributed by atoms with E-state index in [0.717, 1.165) is 0 Å². The zero-order chi connectivity index (χ0) is 20.1. The molecule has 0 aromatic rings. The van der Waals surface area contributed by atoms with Crippen molar-refractivity contribution in [3.63, 3.8) is 0 Å². The van der Waals surface area contributed by atoms with E-state index in [1.807, 2.05) is 0 Å². The highest BCUT2D eigenvalue weighted by Crippen LogP contribution is 2.16. The van der Waals surface area contributed by atoms with Crippen molar-refractivity contribution in [2.45, 2.75) is 168 Å². The fraction of sp³-hybridized carbons (Fsp3) is 1.00. The molecule has 0 aliphatic carbocycles. The van der Waals surface area contributed by atoms with Crippen molar-refractivity contribution in [1.82, 2.24) is 0 Å². The van der Waals surface area contributed by atoms with Crippen LogP contribution in [0.4, 0.5) is 0 Å². The van der Waals surface area contributed by atoms with Gasteiger partial charge in [-0.15, -0.1) is 12.4 Å². The Morgan fingerprint density at radius 2 is 0.643 bits per heavy atom. The van der Waals surface area contributed by atoms with E-state index >= 15 is 0 Å². The van der Waals surface area contributed by atoms with E-state index in [1.165, 1.54) is 141 Å². The molecule has 0 saturated carbocycles. The number of rotatable bonds is 22. The molecule has 0 spiro atoms. The SMILES string of the molecule is CCCCCCCCCCCCCCCCCCCCCCCC(C)(C)N.Cl. The molecule has 0 aliphatic heterocycles. The van der Waals surface area contributed by atoms with Crippen LogP contribution >= 0.6 is 12.4 Å². The van der Waals surface area contributed by atoms with Crippen molar-refractivity contribution in [3.8, 4) is 0 Å². The van der Waals surface area contributed by atoms with Gasteiger partial charge in [-0.3, -0.25) is 0 Å². The van der Waals surface area contributed by atoms with E-state index in [1.54, 1.807) is 0 Å². The fourth-order valence-electron chi connectivity index (χ4n) is 4.01. The lowest BCUT2D eigenvalue weighted by Crippen LogP contribution is -2.31. The van der Waals surface area contributed by atoms with Gasteiger partial charge in [0.05, 0.1) is 0 Å². The predicted octanol–water partition coefficient (Wildman–Crippen LogP) is 9.75. The molecule has 0 aromatic heterocycles. The highest BCUT2D eigenvalue weighted by molar-refractivity contribution is 5.85. The van der Waals surface area contributed by atoms with Gasteiger partial charge in [-0.05, 0) is 20.3 Å². The summed E-state index contributed by atoms with van der Waals surface area (Å²) in [4.78, 5) is 0. The molecule has 0 atom stereocenters. The van der Waals surface area contributed by atoms with Crippen molar-refractivity contribution in [2.24, 2.45) is 5.73 Å². The highest BCUT2D eigenvalue weighted by Gasteiger charge is 2.08. The van der Waals surface area contributed by atoms with Gasteiger partial charge in [0, 0.05) is 5.54 Å². The lowest BCUT2D eigenvalue weighted by Gasteiger charge is -2.17. The minimum atomic E-state index is 0. The van der Waals surface area contributed by atoms with Crippen LogP contribution in [0.3, 0.4) is 0 Å². The van der Waals surface area contributed by atoms with Gasteiger partial charge in [0.15, 0.2) is 0 Å². The Balaban J connectivity index is 0. The van der Waals surface area contributed by atoms with Gasteiger partial charge in [0.25, 0.3) is 0 Å². The van der Waals surface area contributed by atoms with Crippen molar-refractivity contribution < 1.29 is 0 Å². The van der Waals surface area contributed by atoms with Gasteiger partial charge < -0.3 is 5.73 Å². The molecule has 0 aromatic carbocycles. The summed E-state index contributed by atoms with van der Waals surface area (Å²) in [5, 5.41) is 0. The van der Waals surface area contributed by atoms with Crippen LogP contribution in [0.15, 0.2) is 0 Å². The Morgan fingerprint density at radius 3 is 0.857 bits per heavy atom. The summed E-state index contributed by atoms with van der Waals surface area (Å²) in [7, 11) is 0. The third-order valence-corrected chi connectivity index (χ3v) is 5.92. The topological polar surface area (TPSA) is 26.0 Å². The molecule has 0 heterocycles. The molecule has 0 rings (SSSR count). The van der Waals surface area contributed by atoms with Crippen molar-refractivity contribution in [2.75, 3.05) is 0 Å². The zero-order valence-electron chi connectivity index (χ0n) is 20.0. The first kappa shape index (κ1) is 30.4. The number of unbranched alkanes of at least 4 members (excludes halogenated alkanes) is 20. The summed E-state index contributed by atoms with van der Waals surface area (Å²) in [5.41, 5.74) is 6.06. The number of hydrogen-bond acceptors (Lipinski definition) is 1. The molecule has 0 fully saturated rings. The molecule has 172 valence electrons. The zero-order valence-corrected chi connectivity index (χ0v) is 20.9. The minimum Gasteiger partial charge on any atom is -0.326 e. The first-order chi connectivity index (χ1) is 13.1. The molecule has 2 N–H and O–H groups in total. The molecular weight excluding hydrogens is 362 g/mol. The molecule has 0 aliphatic rings. The van der Waals surface area contributed by atoms with Crippen LogP contribution in [0, 0.1) is 0 Å². The Labute approximate surface area is 185 Å². The second kappa shape index (κ2) is 23.5. The predicted molar refractivity (Wildman–Crippen MR) is 133 cm³/mol. The van der Waals surface area contributed by atoms with Crippen molar-refractivity contribution in [3.05, 3.63) is 0 Å². The van der Waals surface area contributed by atoms with E-state index in [2.05, 4.69) is 20.8 Å². The molecule has 2 heteroatoms. The fourth-order valence-corrected chi connectivity index (χ4v) is 4.01. The highest BCUT2D eigenvalue weighted by atomic mass is 35.5. The van der Waals surface area contributed by atoms with Crippen LogP contribution in [0.2, 0.25) is 0 Å². The second-order valence-corrected chi connectivity index (χ2v) is 9.81.